The van der Waals surface area contributed by atoms with E-state index in [0.717, 1.165) is 13.1 Å². The molecule has 0 saturated carbocycles. The largest absolute Gasteiger partial charge is 0.344 e. The molecule has 1 amide bonds. The van der Waals surface area contributed by atoms with Crippen LogP contribution in [0.1, 0.15) is 19.3 Å². The van der Waals surface area contributed by atoms with Crippen molar-refractivity contribution in [3.63, 3.8) is 0 Å². The van der Waals surface area contributed by atoms with Crippen molar-refractivity contribution >= 4 is 5.91 Å². The van der Waals surface area contributed by atoms with Crippen molar-refractivity contribution in [2.45, 2.75) is 31.8 Å². The second-order valence-corrected chi connectivity index (χ2v) is 4.48. The van der Waals surface area contributed by atoms with Gasteiger partial charge in [-0.1, -0.05) is 0 Å². The first-order valence-corrected chi connectivity index (χ1v) is 6.05. The highest BCUT2D eigenvalue weighted by molar-refractivity contribution is 5.75. The summed E-state index contributed by atoms with van der Waals surface area (Å²) in [6, 6.07) is 0.468. The van der Waals surface area contributed by atoms with Crippen molar-refractivity contribution in [1.82, 2.24) is 25.0 Å². The standard InChI is InChI=1S/C11H19N5O/c1-15(7-10-3-2-5-13-10)11(17)4-6-16-9-12-8-14-16/h8-10,13H,2-7H2,1H3. The summed E-state index contributed by atoms with van der Waals surface area (Å²) in [6.45, 7) is 2.48. The Morgan fingerprint density at radius 2 is 2.53 bits per heavy atom. The zero-order valence-corrected chi connectivity index (χ0v) is 10.2. The van der Waals surface area contributed by atoms with Gasteiger partial charge in [-0.05, 0) is 19.4 Å². The smallest absolute Gasteiger partial charge is 0.224 e. The van der Waals surface area contributed by atoms with E-state index in [2.05, 4.69) is 15.4 Å². The Bertz CT molecular complexity index is 345. The molecule has 1 aliphatic heterocycles. The average Bonchev–Trinajstić information content (AvgIpc) is 2.98. The number of carbonyl (C=O) groups excluding carboxylic acids is 1. The molecule has 0 radical (unpaired) electrons. The van der Waals surface area contributed by atoms with Gasteiger partial charge >= 0.3 is 0 Å². The van der Waals surface area contributed by atoms with Gasteiger partial charge in [-0.25, -0.2) is 4.98 Å². The van der Waals surface area contributed by atoms with Crippen molar-refractivity contribution in [2.75, 3.05) is 20.1 Å². The van der Waals surface area contributed by atoms with Gasteiger partial charge in [-0.3, -0.25) is 9.48 Å². The molecule has 17 heavy (non-hydrogen) atoms. The molecule has 1 aromatic rings. The van der Waals surface area contributed by atoms with Gasteiger partial charge in [-0.2, -0.15) is 5.10 Å². The number of nitrogens with one attached hydrogen (secondary N) is 1. The Morgan fingerprint density at radius 1 is 1.65 bits per heavy atom. The molecule has 1 unspecified atom stereocenters. The van der Waals surface area contributed by atoms with Crippen molar-refractivity contribution in [1.29, 1.82) is 0 Å². The van der Waals surface area contributed by atoms with Crippen LogP contribution in [0, 0.1) is 0 Å². The van der Waals surface area contributed by atoms with Gasteiger partial charge in [0.2, 0.25) is 5.91 Å². The van der Waals surface area contributed by atoms with E-state index >= 15 is 0 Å². The minimum Gasteiger partial charge on any atom is -0.344 e. The van der Waals surface area contributed by atoms with Crippen molar-refractivity contribution < 1.29 is 4.79 Å². The fourth-order valence-corrected chi connectivity index (χ4v) is 2.09. The molecule has 2 rings (SSSR count). The molecule has 6 heteroatoms. The number of hydrogen-bond donors (Lipinski definition) is 1. The predicted octanol–water partition coefficient (Wildman–Crippen LogP) is -0.121. The Hall–Kier alpha value is -1.43. The number of aromatic nitrogens is 3. The van der Waals surface area contributed by atoms with Crippen LogP contribution in [-0.2, 0) is 11.3 Å². The zero-order chi connectivity index (χ0) is 12.1. The number of likely N-dealkylation sites (N-methyl/N-ethyl adjacent to an activating group) is 1. The maximum atomic E-state index is 11.9. The maximum Gasteiger partial charge on any atom is 0.224 e. The van der Waals surface area contributed by atoms with Crippen LogP contribution in [0.25, 0.3) is 0 Å². The highest BCUT2D eigenvalue weighted by Gasteiger charge is 2.18. The number of hydrogen-bond acceptors (Lipinski definition) is 4. The second kappa shape index (κ2) is 5.77. The lowest BCUT2D eigenvalue weighted by Gasteiger charge is -2.21. The summed E-state index contributed by atoms with van der Waals surface area (Å²) in [7, 11) is 1.86. The lowest BCUT2D eigenvalue weighted by atomic mass is 10.2. The number of nitrogens with zero attached hydrogens (tertiary/aromatic N) is 4. The van der Waals surface area contributed by atoms with Crippen LogP contribution in [0.15, 0.2) is 12.7 Å². The molecule has 0 aromatic carbocycles. The zero-order valence-electron chi connectivity index (χ0n) is 10.2. The summed E-state index contributed by atoms with van der Waals surface area (Å²) in [6.07, 6.45) is 5.97. The fourth-order valence-electron chi connectivity index (χ4n) is 2.09. The van der Waals surface area contributed by atoms with Crippen molar-refractivity contribution in [3.8, 4) is 0 Å². The summed E-state index contributed by atoms with van der Waals surface area (Å²) in [5.41, 5.74) is 0. The van der Waals surface area contributed by atoms with Crippen LogP contribution >= 0.6 is 0 Å². The van der Waals surface area contributed by atoms with E-state index in [1.807, 2.05) is 7.05 Å². The molecule has 1 saturated heterocycles. The van der Waals surface area contributed by atoms with E-state index in [4.69, 9.17) is 0 Å². The third-order valence-electron chi connectivity index (χ3n) is 3.10. The van der Waals surface area contributed by atoms with Gasteiger partial charge in [0.25, 0.3) is 0 Å². The Labute approximate surface area is 101 Å². The van der Waals surface area contributed by atoms with E-state index < -0.39 is 0 Å². The number of amides is 1. The molecule has 2 heterocycles. The van der Waals surface area contributed by atoms with Crippen LogP contribution in [0.4, 0.5) is 0 Å². The van der Waals surface area contributed by atoms with Gasteiger partial charge in [0, 0.05) is 26.1 Å². The first kappa shape index (κ1) is 12.0. The second-order valence-electron chi connectivity index (χ2n) is 4.48. The monoisotopic (exact) mass is 237 g/mol. The summed E-state index contributed by atoms with van der Waals surface area (Å²) in [4.78, 5) is 17.5. The number of rotatable bonds is 5. The van der Waals surface area contributed by atoms with Gasteiger partial charge in [0.1, 0.15) is 12.7 Å². The summed E-state index contributed by atoms with van der Waals surface area (Å²) >= 11 is 0. The molecule has 0 spiro atoms. The quantitative estimate of drug-likeness (QED) is 0.775. The predicted molar refractivity (Wildman–Crippen MR) is 63.3 cm³/mol. The van der Waals surface area contributed by atoms with E-state index in [9.17, 15) is 4.79 Å². The summed E-state index contributed by atoms with van der Waals surface area (Å²) in [5, 5.41) is 7.36. The number of carbonyl (C=O) groups is 1. The normalized spacial score (nSPS) is 19.5. The third kappa shape index (κ3) is 3.52. The van der Waals surface area contributed by atoms with Crippen molar-refractivity contribution in [3.05, 3.63) is 12.7 Å². The number of aryl methyl sites for hydroxylation is 1. The lowest BCUT2D eigenvalue weighted by Crippen LogP contribution is -2.38. The topological polar surface area (TPSA) is 63.1 Å². The van der Waals surface area contributed by atoms with Gasteiger partial charge < -0.3 is 10.2 Å². The molecule has 94 valence electrons. The molecule has 1 aromatic heterocycles. The Balaban J connectivity index is 1.71. The SMILES string of the molecule is CN(CC1CCCN1)C(=O)CCn1cncn1. The molecular weight excluding hydrogens is 218 g/mol. The Kier molecular flexibility index (Phi) is 4.08. The van der Waals surface area contributed by atoms with E-state index in [0.29, 0.717) is 19.0 Å². The molecule has 0 aliphatic carbocycles. The fraction of sp³-hybridized carbons (Fsp3) is 0.727. The van der Waals surface area contributed by atoms with Crippen LogP contribution in [-0.4, -0.2) is 51.8 Å². The van der Waals surface area contributed by atoms with Crippen LogP contribution in [0.5, 0.6) is 0 Å². The third-order valence-corrected chi connectivity index (χ3v) is 3.10. The van der Waals surface area contributed by atoms with Crippen molar-refractivity contribution in [2.24, 2.45) is 0 Å². The molecule has 6 nitrogen and oxygen atoms in total. The molecule has 1 N–H and O–H groups in total. The molecule has 0 bridgehead atoms. The van der Waals surface area contributed by atoms with Crippen LogP contribution < -0.4 is 5.32 Å². The first-order chi connectivity index (χ1) is 8.25. The minimum absolute atomic E-state index is 0.161. The first-order valence-electron chi connectivity index (χ1n) is 6.05. The molecule has 1 fully saturated rings. The van der Waals surface area contributed by atoms with E-state index in [1.54, 1.807) is 15.9 Å². The van der Waals surface area contributed by atoms with Crippen LogP contribution in [0.3, 0.4) is 0 Å². The van der Waals surface area contributed by atoms with Gasteiger partial charge in [-0.15, -0.1) is 0 Å². The Morgan fingerprint density at radius 3 is 3.18 bits per heavy atom. The molecule has 1 atom stereocenters. The molecule has 1 aliphatic rings. The van der Waals surface area contributed by atoms with E-state index in [1.165, 1.54) is 19.2 Å². The maximum absolute atomic E-state index is 11.9. The van der Waals surface area contributed by atoms with E-state index in [-0.39, 0.29) is 5.91 Å². The van der Waals surface area contributed by atoms with Gasteiger partial charge in [0.15, 0.2) is 0 Å². The average molecular weight is 237 g/mol. The minimum atomic E-state index is 0.161. The molecular formula is C11H19N5O. The summed E-state index contributed by atoms with van der Waals surface area (Å²) < 4.78 is 1.68. The highest BCUT2D eigenvalue weighted by atomic mass is 16.2. The van der Waals surface area contributed by atoms with Gasteiger partial charge in [0.05, 0.1) is 6.54 Å². The van der Waals surface area contributed by atoms with Crippen LogP contribution in [0.2, 0.25) is 0 Å². The summed E-state index contributed by atoms with van der Waals surface area (Å²) in [5.74, 6) is 0.161. The lowest BCUT2D eigenvalue weighted by molar-refractivity contribution is -0.130. The highest BCUT2D eigenvalue weighted by Crippen LogP contribution is 2.06.